The zero-order chi connectivity index (χ0) is 23.1. The fraction of sp³-hybridized carbons (Fsp3) is 0.222. The monoisotopic (exact) mass is 450 g/mol. The van der Waals surface area contributed by atoms with E-state index in [0.717, 1.165) is 57.2 Å². The van der Waals surface area contributed by atoms with Gasteiger partial charge in [0.25, 0.3) is 5.91 Å². The Bertz CT molecular complexity index is 1490. The number of aromatic nitrogens is 4. The Morgan fingerprint density at radius 2 is 2.00 bits per heavy atom. The average Bonchev–Trinajstić information content (AvgIpc) is 3.62. The molecule has 1 saturated heterocycles. The van der Waals surface area contributed by atoms with Crippen LogP contribution in [0, 0.1) is 0 Å². The summed E-state index contributed by atoms with van der Waals surface area (Å²) in [5.41, 5.74) is 6.79. The first-order valence-electron chi connectivity index (χ1n) is 11.7. The summed E-state index contributed by atoms with van der Waals surface area (Å²) in [6, 6.07) is 16.6. The first-order chi connectivity index (χ1) is 16.7. The molecule has 2 aromatic carbocycles. The van der Waals surface area contributed by atoms with Gasteiger partial charge in [0.1, 0.15) is 0 Å². The van der Waals surface area contributed by atoms with Crippen molar-refractivity contribution in [3.8, 4) is 22.4 Å². The van der Waals surface area contributed by atoms with Gasteiger partial charge in [-0.25, -0.2) is 0 Å². The number of carbonyl (C=O) groups is 1. The Balaban J connectivity index is 1.34. The maximum Gasteiger partial charge on any atom is 0.251 e. The van der Waals surface area contributed by atoms with Crippen molar-refractivity contribution in [2.45, 2.75) is 18.9 Å². The van der Waals surface area contributed by atoms with Crippen LogP contribution in [-0.4, -0.2) is 44.8 Å². The third kappa shape index (κ3) is 3.74. The highest BCUT2D eigenvalue weighted by Crippen LogP contribution is 2.35. The van der Waals surface area contributed by atoms with E-state index in [1.54, 1.807) is 4.68 Å². The molecule has 7 nitrogen and oxygen atoms in total. The second kappa shape index (κ2) is 8.43. The first-order valence-corrected chi connectivity index (χ1v) is 11.7. The van der Waals surface area contributed by atoms with Gasteiger partial charge in [0.05, 0.1) is 23.6 Å². The van der Waals surface area contributed by atoms with Gasteiger partial charge in [-0.3, -0.25) is 14.5 Å². The van der Waals surface area contributed by atoms with E-state index >= 15 is 0 Å². The van der Waals surface area contributed by atoms with Crippen molar-refractivity contribution in [1.29, 1.82) is 0 Å². The molecule has 6 rings (SSSR count). The average molecular weight is 451 g/mol. The molecule has 1 fully saturated rings. The number of hydrogen-bond acceptors (Lipinski definition) is 4. The number of aryl methyl sites for hydroxylation is 1. The Labute approximate surface area is 197 Å². The molecule has 0 bridgehead atoms. The van der Waals surface area contributed by atoms with E-state index in [1.165, 1.54) is 6.42 Å². The van der Waals surface area contributed by atoms with Gasteiger partial charge in [-0.15, -0.1) is 0 Å². The molecule has 34 heavy (non-hydrogen) atoms. The van der Waals surface area contributed by atoms with E-state index in [9.17, 15) is 4.79 Å². The number of rotatable bonds is 5. The number of nitrogens with zero attached hydrogens (tertiary/aromatic N) is 3. The van der Waals surface area contributed by atoms with Gasteiger partial charge >= 0.3 is 0 Å². The van der Waals surface area contributed by atoms with Crippen LogP contribution in [0.1, 0.15) is 23.2 Å². The van der Waals surface area contributed by atoms with Gasteiger partial charge in [0, 0.05) is 53.2 Å². The van der Waals surface area contributed by atoms with Crippen LogP contribution >= 0.6 is 0 Å². The van der Waals surface area contributed by atoms with E-state index in [0.29, 0.717) is 18.2 Å². The minimum Gasteiger partial charge on any atom is -0.353 e. The summed E-state index contributed by atoms with van der Waals surface area (Å²) in [5, 5.41) is 13.0. The number of nitrogens with one attached hydrogen (secondary N) is 3. The molecule has 0 unspecified atom stereocenters. The van der Waals surface area contributed by atoms with Gasteiger partial charge in [-0.1, -0.05) is 24.3 Å². The zero-order valence-corrected chi connectivity index (χ0v) is 19.0. The quantitative estimate of drug-likeness (QED) is 0.373. The third-order valence-corrected chi connectivity index (χ3v) is 6.64. The summed E-state index contributed by atoms with van der Waals surface area (Å²) < 4.78 is 1.78. The van der Waals surface area contributed by atoms with Crippen molar-refractivity contribution in [3.05, 3.63) is 72.7 Å². The maximum absolute atomic E-state index is 12.6. The van der Waals surface area contributed by atoms with Crippen LogP contribution in [0.2, 0.25) is 0 Å². The van der Waals surface area contributed by atoms with Crippen LogP contribution < -0.4 is 10.6 Å². The molecule has 0 spiro atoms. The van der Waals surface area contributed by atoms with Gasteiger partial charge in [0.2, 0.25) is 0 Å². The summed E-state index contributed by atoms with van der Waals surface area (Å²) in [6.45, 7) is 1.71. The SMILES string of the molecule is Cn1cc(-c2cc3c(cn2)[nH]c2cccc(-c4ccc(C(=O)NC[C@@H]5CCCN5)cc4)c23)cn1. The first kappa shape index (κ1) is 20.6. The summed E-state index contributed by atoms with van der Waals surface area (Å²) in [4.78, 5) is 20.7. The molecule has 0 aliphatic carbocycles. The lowest BCUT2D eigenvalue weighted by atomic mass is 9.98. The van der Waals surface area contributed by atoms with E-state index in [2.05, 4.69) is 50.0 Å². The number of benzene rings is 2. The number of amides is 1. The molecule has 1 atom stereocenters. The zero-order valence-electron chi connectivity index (χ0n) is 19.0. The van der Waals surface area contributed by atoms with Crippen LogP contribution in [0.3, 0.4) is 0 Å². The Morgan fingerprint density at radius 1 is 1.12 bits per heavy atom. The predicted octanol–water partition coefficient (Wildman–Crippen LogP) is 4.27. The largest absolute Gasteiger partial charge is 0.353 e. The third-order valence-electron chi connectivity index (χ3n) is 6.64. The summed E-state index contributed by atoms with van der Waals surface area (Å²) >= 11 is 0. The number of H-pyrrole nitrogens is 1. The molecule has 1 aliphatic rings. The van der Waals surface area contributed by atoms with Crippen LogP contribution in [0.15, 0.2) is 67.1 Å². The lowest BCUT2D eigenvalue weighted by molar-refractivity contribution is 0.0950. The topological polar surface area (TPSA) is 87.6 Å². The van der Waals surface area contributed by atoms with Crippen molar-refractivity contribution >= 4 is 27.7 Å². The van der Waals surface area contributed by atoms with Crippen molar-refractivity contribution < 1.29 is 4.79 Å². The van der Waals surface area contributed by atoms with Crippen molar-refractivity contribution in [2.24, 2.45) is 7.05 Å². The maximum atomic E-state index is 12.6. The van der Waals surface area contributed by atoms with Crippen LogP contribution in [0.5, 0.6) is 0 Å². The second-order valence-corrected chi connectivity index (χ2v) is 8.95. The van der Waals surface area contributed by atoms with Crippen molar-refractivity contribution in [2.75, 3.05) is 13.1 Å². The molecule has 7 heteroatoms. The molecule has 1 amide bonds. The fourth-order valence-electron chi connectivity index (χ4n) is 4.86. The molecule has 0 saturated carbocycles. The highest BCUT2D eigenvalue weighted by atomic mass is 16.1. The summed E-state index contributed by atoms with van der Waals surface area (Å²) in [6.07, 6.45) is 7.97. The number of pyridine rings is 1. The minimum absolute atomic E-state index is 0.0299. The fourth-order valence-corrected chi connectivity index (χ4v) is 4.86. The molecule has 3 N–H and O–H groups in total. The standard InChI is InChI=1S/C27H26N6O/c1-33-16-19(13-31-33)24-12-22-25(15-29-24)32-23-6-2-5-21(26(22)23)17-7-9-18(10-8-17)27(34)30-14-20-4-3-11-28-20/h2,5-10,12-13,15-16,20,28,32H,3-4,11,14H2,1H3,(H,30,34)/t20-/m0/s1. The van der Waals surface area contributed by atoms with Crippen LogP contribution in [0.25, 0.3) is 44.2 Å². The lowest BCUT2D eigenvalue weighted by Gasteiger charge is -2.12. The molecule has 0 radical (unpaired) electrons. The Morgan fingerprint density at radius 3 is 2.76 bits per heavy atom. The molecule has 4 heterocycles. The Hall–Kier alpha value is -3.97. The number of fused-ring (bicyclic) bond motifs is 3. The number of aromatic amines is 1. The lowest BCUT2D eigenvalue weighted by Crippen LogP contribution is -2.37. The van der Waals surface area contributed by atoms with Gasteiger partial charge in [0.15, 0.2) is 0 Å². The van der Waals surface area contributed by atoms with E-state index in [4.69, 9.17) is 0 Å². The minimum atomic E-state index is -0.0299. The van der Waals surface area contributed by atoms with E-state index in [1.807, 2.05) is 49.9 Å². The molecule has 3 aromatic heterocycles. The smallest absolute Gasteiger partial charge is 0.251 e. The van der Waals surface area contributed by atoms with E-state index in [-0.39, 0.29) is 5.91 Å². The van der Waals surface area contributed by atoms with Crippen molar-refractivity contribution in [3.63, 3.8) is 0 Å². The van der Waals surface area contributed by atoms with E-state index < -0.39 is 0 Å². The summed E-state index contributed by atoms with van der Waals surface area (Å²) in [5.74, 6) is -0.0299. The normalized spacial score (nSPS) is 15.9. The van der Waals surface area contributed by atoms with Crippen LogP contribution in [0.4, 0.5) is 0 Å². The summed E-state index contributed by atoms with van der Waals surface area (Å²) in [7, 11) is 1.90. The molecule has 170 valence electrons. The van der Waals surface area contributed by atoms with Gasteiger partial charge in [-0.05, 0) is 54.8 Å². The van der Waals surface area contributed by atoms with Crippen LogP contribution in [-0.2, 0) is 7.05 Å². The van der Waals surface area contributed by atoms with Gasteiger partial charge < -0.3 is 15.6 Å². The van der Waals surface area contributed by atoms with Crippen molar-refractivity contribution in [1.82, 2.24) is 30.4 Å². The Kier molecular flexibility index (Phi) is 5.11. The molecular formula is C27H26N6O. The highest BCUT2D eigenvalue weighted by Gasteiger charge is 2.16. The second-order valence-electron chi connectivity index (χ2n) is 8.95. The molecule has 1 aliphatic heterocycles. The highest BCUT2D eigenvalue weighted by molar-refractivity contribution is 6.14. The molecule has 5 aromatic rings. The number of carbonyl (C=O) groups excluding carboxylic acids is 1. The molecular weight excluding hydrogens is 424 g/mol. The number of hydrogen-bond donors (Lipinski definition) is 3. The van der Waals surface area contributed by atoms with Gasteiger partial charge in [-0.2, -0.15) is 5.10 Å². The predicted molar refractivity (Wildman–Crippen MR) is 135 cm³/mol.